The fourth-order valence-electron chi connectivity index (χ4n) is 3.04. The number of hydrogen-bond donors (Lipinski definition) is 3. The van der Waals surface area contributed by atoms with Crippen molar-refractivity contribution in [2.45, 2.75) is 51.6 Å². The number of aliphatic hydroxyl groups excluding tert-OH is 1. The number of nitrogens with one attached hydrogen (secondary N) is 1. The number of hydrogen-bond acceptors (Lipinski definition) is 5. The Balaban J connectivity index is 2.08. The van der Waals surface area contributed by atoms with E-state index in [1.54, 1.807) is 0 Å². The van der Waals surface area contributed by atoms with E-state index in [1.807, 2.05) is 13.0 Å². The van der Waals surface area contributed by atoms with E-state index in [0.29, 0.717) is 17.5 Å². The lowest BCUT2D eigenvalue weighted by Crippen LogP contribution is -2.38. The van der Waals surface area contributed by atoms with Crippen molar-refractivity contribution < 1.29 is 9.90 Å². The third kappa shape index (κ3) is 4.26. The molecule has 0 spiro atoms. The van der Waals surface area contributed by atoms with Crippen LogP contribution >= 0.6 is 11.3 Å². The molecule has 1 amide bonds. The summed E-state index contributed by atoms with van der Waals surface area (Å²) in [5.74, 6) is 4.96. The molecular formula is C15H25N3O2S. The van der Waals surface area contributed by atoms with Crippen LogP contribution in [-0.2, 0) is 6.54 Å². The third-order valence-corrected chi connectivity index (χ3v) is 5.32. The smallest absolute Gasteiger partial charge is 0.275 e. The Morgan fingerprint density at radius 2 is 2.19 bits per heavy atom. The summed E-state index contributed by atoms with van der Waals surface area (Å²) in [7, 11) is 0. The summed E-state index contributed by atoms with van der Waals surface area (Å²) in [6.45, 7) is 3.70. The summed E-state index contributed by atoms with van der Waals surface area (Å²) < 4.78 is 0. The number of nitrogen functional groups attached to an aromatic ring is 1. The molecule has 0 atom stereocenters. The Morgan fingerprint density at radius 1 is 1.48 bits per heavy atom. The first-order valence-corrected chi connectivity index (χ1v) is 8.42. The lowest BCUT2D eigenvalue weighted by atomic mass is 9.94. The first-order chi connectivity index (χ1) is 10.2. The molecule has 1 fully saturated rings. The van der Waals surface area contributed by atoms with Gasteiger partial charge >= 0.3 is 0 Å². The molecule has 0 aliphatic heterocycles. The van der Waals surface area contributed by atoms with Crippen LogP contribution in [0.4, 0.5) is 0 Å². The molecule has 0 aromatic carbocycles. The standard InChI is InChI=1S/C15H25N3O2S/c1-11-12(9-14(21-11)15(20)17-16)10-18(7-8-19)13-5-3-2-4-6-13/h9,13,19H,2-8,10,16H2,1H3,(H,17,20). The number of carbonyl (C=O) groups excluding carboxylic acids is 1. The second kappa shape index (κ2) is 7.89. The van der Waals surface area contributed by atoms with E-state index in [2.05, 4.69) is 10.3 Å². The molecule has 21 heavy (non-hydrogen) atoms. The van der Waals surface area contributed by atoms with E-state index in [4.69, 9.17) is 5.84 Å². The van der Waals surface area contributed by atoms with Crippen molar-refractivity contribution in [1.29, 1.82) is 0 Å². The highest BCUT2D eigenvalue weighted by atomic mass is 32.1. The molecule has 118 valence electrons. The van der Waals surface area contributed by atoms with Gasteiger partial charge in [-0.15, -0.1) is 11.3 Å². The highest BCUT2D eigenvalue weighted by Crippen LogP contribution is 2.27. The second-order valence-corrected chi connectivity index (χ2v) is 6.91. The van der Waals surface area contributed by atoms with Crippen LogP contribution in [0.25, 0.3) is 0 Å². The first kappa shape index (κ1) is 16.4. The average molecular weight is 311 g/mol. The quantitative estimate of drug-likeness (QED) is 0.425. The maximum Gasteiger partial charge on any atom is 0.275 e. The van der Waals surface area contributed by atoms with Crippen molar-refractivity contribution in [3.8, 4) is 0 Å². The molecule has 1 aliphatic rings. The zero-order valence-electron chi connectivity index (χ0n) is 12.6. The fraction of sp³-hybridized carbons (Fsp3) is 0.667. The zero-order chi connectivity index (χ0) is 15.2. The topological polar surface area (TPSA) is 78.6 Å². The van der Waals surface area contributed by atoms with Gasteiger partial charge in [0.25, 0.3) is 5.91 Å². The lowest BCUT2D eigenvalue weighted by Gasteiger charge is -2.34. The molecule has 0 bridgehead atoms. The van der Waals surface area contributed by atoms with Gasteiger partial charge in [-0.25, -0.2) is 5.84 Å². The maximum atomic E-state index is 11.6. The number of aliphatic hydroxyl groups is 1. The Bertz CT molecular complexity index is 469. The Hall–Kier alpha value is -0.950. The van der Waals surface area contributed by atoms with E-state index in [1.165, 1.54) is 43.4 Å². The van der Waals surface area contributed by atoms with Gasteiger partial charge in [-0.3, -0.25) is 15.1 Å². The number of aryl methyl sites for hydroxylation is 1. The Morgan fingerprint density at radius 3 is 2.81 bits per heavy atom. The van der Waals surface area contributed by atoms with Crippen LogP contribution in [0.3, 0.4) is 0 Å². The van der Waals surface area contributed by atoms with E-state index in [0.717, 1.165) is 17.0 Å². The number of nitrogens with two attached hydrogens (primary N) is 1. The minimum atomic E-state index is -0.235. The zero-order valence-corrected chi connectivity index (χ0v) is 13.4. The largest absolute Gasteiger partial charge is 0.395 e. The van der Waals surface area contributed by atoms with Gasteiger partial charge in [-0.1, -0.05) is 19.3 Å². The number of amides is 1. The number of carbonyl (C=O) groups is 1. The molecule has 1 saturated carbocycles. The van der Waals surface area contributed by atoms with Crippen molar-refractivity contribution >= 4 is 17.2 Å². The van der Waals surface area contributed by atoms with Crippen molar-refractivity contribution in [2.24, 2.45) is 5.84 Å². The van der Waals surface area contributed by atoms with Gasteiger partial charge < -0.3 is 5.11 Å². The molecule has 1 heterocycles. The summed E-state index contributed by atoms with van der Waals surface area (Å²) in [6, 6.07) is 2.48. The summed E-state index contributed by atoms with van der Waals surface area (Å²) in [5, 5.41) is 9.33. The SMILES string of the molecule is Cc1sc(C(=O)NN)cc1CN(CCO)C1CCCCC1. The van der Waals surface area contributed by atoms with Crippen molar-refractivity contribution in [3.05, 3.63) is 21.4 Å². The predicted molar refractivity (Wildman–Crippen MR) is 85.1 cm³/mol. The average Bonchev–Trinajstić information content (AvgIpc) is 2.88. The van der Waals surface area contributed by atoms with Crippen LogP contribution < -0.4 is 11.3 Å². The molecule has 1 aliphatic carbocycles. The van der Waals surface area contributed by atoms with Crippen LogP contribution in [0.5, 0.6) is 0 Å². The van der Waals surface area contributed by atoms with Gasteiger partial charge in [0, 0.05) is 24.0 Å². The number of thiophene rings is 1. The Kier molecular flexibility index (Phi) is 6.17. The summed E-state index contributed by atoms with van der Waals surface area (Å²) in [6.07, 6.45) is 6.28. The van der Waals surface area contributed by atoms with Gasteiger partial charge in [-0.05, 0) is 31.4 Å². The van der Waals surface area contributed by atoms with Crippen LogP contribution in [0.1, 0.15) is 52.2 Å². The number of nitrogens with zero attached hydrogens (tertiary/aromatic N) is 1. The number of rotatable bonds is 6. The maximum absolute atomic E-state index is 11.6. The predicted octanol–water partition coefficient (Wildman–Crippen LogP) is 1.79. The normalized spacial score (nSPS) is 16.4. The molecule has 1 aromatic rings. The molecule has 0 radical (unpaired) electrons. The van der Waals surface area contributed by atoms with E-state index < -0.39 is 0 Å². The van der Waals surface area contributed by atoms with Gasteiger partial charge in [0.1, 0.15) is 0 Å². The van der Waals surface area contributed by atoms with Gasteiger partial charge in [0.15, 0.2) is 0 Å². The highest BCUT2D eigenvalue weighted by Gasteiger charge is 2.22. The molecule has 2 rings (SSSR count). The lowest BCUT2D eigenvalue weighted by molar-refractivity contribution is 0.0957. The van der Waals surface area contributed by atoms with Crippen LogP contribution in [0.15, 0.2) is 6.07 Å². The molecule has 4 N–H and O–H groups in total. The molecule has 5 nitrogen and oxygen atoms in total. The second-order valence-electron chi connectivity index (χ2n) is 5.65. The third-order valence-electron chi connectivity index (χ3n) is 4.23. The van der Waals surface area contributed by atoms with Crippen LogP contribution in [-0.4, -0.2) is 35.1 Å². The van der Waals surface area contributed by atoms with Crippen molar-refractivity contribution in [3.63, 3.8) is 0 Å². The van der Waals surface area contributed by atoms with E-state index in [9.17, 15) is 9.90 Å². The van der Waals surface area contributed by atoms with E-state index >= 15 is 0 Å². The fourth-order valence-corrected chi connectivity index (χ4v) is 3.98. The minimum Gasteiger partial charge on any atom is -0.395 e. The first-order valence-electron chi connectivity index (χ1n) is 7.61. The van der Waals surface area contributed by atoms with Crippen molar-refractivity contribution in [1.82, 2.24) is 10.3 Å². The molecule has 6 heteroatoms. The summed E-state index contributed by atoms with van der Waals surface area (Å²) >= 11 is 1.47. The highest BCUT2D eigenvalue weighted by molar-refractivity contribution is 7.14. The molecular weight excluding hydrogens is 286 g/mol. The van der Waals surface area contributed by atoms with Gasteiger partial charge in [0.2, 0.25) is 0 Å². The summed E-state index contributed by atoms with van der Waals surface area (Å²) in [5.41, 5.74) is 3.35. The van der Waals surface area contributed by atoms with Crippen LogP contribution in [0, 0.1) is 6.92 Å². The van der Waals surface area contributed by atoms with Crippen LogP contribution in [0.2, 0.25) is 0 Å². The van der Waals surface area contributed by atoms with E-state index in [-0.39, 0.29) is 12.5 Å². The number of hydrazine groups is 1. The van der Waals surface area contributed by atoms with Gasteiger partial charge in [0.05, 0.1) is 11.5 Å². The summed E-state index contributed by atoms with van der Waals surface area (Å²) in [4.78, 5) is 15.8. The molecule has 0 saturated heterocycles. The molecule has 1 aromatic heterocycles. The monoisotopic (exact) mass is 311 g/mol. The minimum absolute atomic E-state index is 0.176. The van der Waals surface area contributed by atoms with Gasteiger partial charge in [-0.2, -0.15) is 0 Å². The van der Waals surface area contributed by atoms with Crippen molar-refractivity contribution in [2.75, 3.05) is 13.2 Å². The Labute approximate surface area is 130 Å². The molecule has 0 unspecified atom stereocenters.